The van der Waals surface area contributed by atoms with Crippen molar-refractivity contribution < 1.29 is 17.6 Å². The summed E-state index contributed by atoms with van der Waals surface area (Å²) in [5.74, 6) is -0.978. The maximum absolute atomic E-state index is 12.9. The molecule has 1 aromatic carbocycles. The lowest BCUT2D eigenvalue weighted by molar-refractivity contribution is -0.149. The Labute approximate surface area is 87.8 Å². The Bertz CT molecular complexity index is 378. The largest absolute Gasteiger partial charge is 0.407 e. The van der Waals surface area contributed by atoms with E-state index in [1.165, 1.54) is 0 Å². The molecule has 0 spiro atoms. The van der Waals surface area contributed by atoms with Gasteiger partial charge in [-0.25, -0.2) is 4.39 Å². The van der Waals surface area contributed by atoms with Crippen LogP contribution < -0.4 is 11.5 Å². The van der Waals surface area contributed by atoms with Crippen LogP contribution >= 0.6 is 11.6 Å². The van der Waals surface area contributed by atoms with Crippen LogP contribution in [0.25, 0.3) is 0 Å². The second kappa shape index (κ2) is 3.86. The standard InChI is InChI=1S/C8H7ClF4N2/c9-4-2-6(14)5(10)1-3(4)7(15)8(11,12)13/h1-2,7H,14-15H2/t7-/m1/s1. The van der Waals surface area contributed by atoms with Crippen molar-refractivity contribution in [2.24, 2.45) is 5.73 Å². The van der Waals surface area contributed by atoms with Gasteiger partial charge in [-0.05, 0) is 17.7 Å². The third kappa shape index (κ3) is 2.51. The first-order valence-electron chi connectivity index (χ1n) is 3.80. The van der Waals surface area contributed by atoms with Gasteiger partial charge in [-0.1, -0.05) is 11.6 Å². The summed E-state index contributed by atoms with van der Waals surface area (Å²) >= 11 is 5.48. The number of alkyl halides is 3. The molecular weight excluding hydrogens is 236 g/mol. The molecule has 84 valence electrons. The molecule has 0 saturated heterocycles. The Morgan fingerprint density at radius 3 is 2.27 bits per heavy atom. The van der Waals surface area contributed by atoms with Crippen LogP contribution in [-0.4, -0.2) is 6.18 Å². The monoisotopic (exact) mass is 242 g/mol. The first-order chi connectivity index (χ1) is 6.73. The van der Waals surface area contributed by atoms with E-state index in [2.05, 4.69) is 0 Å². The second-order valence-corrected chi connectivity index (χ2v) is 3.32. The molecule has 0 aliphatic heterocycles. The van der Waals surface area contributed by atoms with Gasteiger partial charge < -0.3 is 11.5 Å². The Hall–Kier alpha value is -1.01. The van der Waals surface area contributed by atoms with Gasteiger partial charge in [0.05, 0.1) is 5.69 Å². The zero-order valence-electron chi connectivity index (χ0n) is 7.28. The number of rotatable bonds is 1. The first kappa shape index (κ1) is 12.1. The SMILES string of the molecule is Nc1cc(Cl)c([C@@H](N)C(F)(F)F)cc1F. The summed E-state index contributed by atoms with van der Waals surface area (Å²) in [6, 6.07) is -0.826. The highest BCUT2D eigenvalue weighted by Gasteiger charge is 2.39. The molecule has 0 bridgehead atoms. The number of anilines is 1. The molecule has 0 unspecified atom stereocenters. The number of hydrogen-bond donors (Lipinski definition) is 2. The number of halogens is 5. The molecule has 15 heavy (non-hydrogen) atoms. The minimum Gasteiger partial charge on any atom is -0.396 e. The molecular formula is C8H7ClF4N2. The van der Waals surface area contributed by atoms with Crippen LogP contribution in [0, 0.1) is 5.82 Å². The Morgan fingerprint density at radius 1 is 1.27 bits per heavy atom. The summed E-state index contributed by atoms with van der Waals surface area (Å²) in [6.45, 7) is 0. The van der Waals surface area contributed by atoms with E-state index in [4.69, 9.17) is 23.1 Å². The molecule has 0 aliphatic carbocycles. The fraction of sp³-hybridized carbons (Fsp3) is 0.250. The summed E-state index contributed by atoms with van der Waals surface area (Å²) < 4.78 is 49.5. The van der Waals surface area contributed by atoms with Gasteiger partial charge in [0.25, 0.3) is 0 Å². The van der Waals surface area contributed by atoms with E-state index in [1.54, 1.807) is 0 Å². The molecule has 1 aromatic rings. The van der Waals surface area contributed by atoms with Gasteiger partial charge in [0.1, 0.15) is 11.9 Å². The summed E-state index contributed by atoms with van der Waals surface area (Å²) in [5, 5.41) is -0.307. The van der Waals surface area contributed by atoms with Crippen LogP contribution in [0.2, 0.25) is 5.02 Å². The van der Waals surface area contributed by atoms with Crippen LogP contribution in [0.3, 0.4) is 0 Å². The molecule has 0 aromatic heterocycles. The van der Waals surface area contributed by atoms with Crippen molar-refractivity contribution in [2.75, 3.05) is 5.73 Å². The smallest absolute Gasteiger partial charge is 0.396 e. The molecule has 2 nitrogen and oxygen atoms in total. The molecule has 0 saturated carbocycles. The maximum Gasteiger partial charge on any atom is 0.407 e. The molecule has 7 heteroatoms. The van der Waals surface area contributed by atoms with Crippen LogP contribution in [0.4, 0.5) is 23.2 Å². The lowest BCUT2D eigenvalue weighted by atomic mass is 10.1. The Balaban J connectivity index is 3.21. The van der Waals surface area contributed by atoms with Crippen molar-refractivity contribution >= 4 is 17.3 Å². The summed E-state index contributed by atoms with van der Waals surface area (Å²) in [4.78, 5) is 0. The molecule has 0 aliphatic rings. The van der Waals surface area contributed by atoms with Gasteiger partial charge in [-0.3, -0.25) is 0 Å². The average Bonchev–Trinajstić information content (AvgIpc) is 2.08. The minimum atomic E-state index is -4.67. The minimum absolute atomic E-state index is 0.307. The van der Waals surface area contributed by atoms with E-state index < -0.39 is 23.6 Å². The third-order valence-corrected chi connectivity index (χ3v) is 2.13. The van der Waals surface area contributed by atoms with Crippen molar-refractivity contribution in [2.45, 2.75) is 12.2 Å². The van der Waals surface area contributed by atoms with Gasteiger partial charge in [0.2, 0.25) is 0 Å². The number of hydrogen-bond acceptors (Lipinski definition) is 2. The number of benzene rings is 1. The zero-order chi connectivity index (χ0) is 11.8. The lowest BCUT2D eigenvalue weighted by Crippen LogP contribution is -2.28. The maximum atomic E-state index is 12.9. The Morgan fingerprint density at radius 2 is 1.80 bits per heavy atom. The van der Waals surface area contributed by atoms with E-state index in [-0.39, 0.29) is 10.7 Å². The van der Waals surface area contributed by atoms with E-state index in [0.717, 1.165) is 6.07 Å². The first-order valence-corrected chi connectivity index (χ1v) is 4.18. The van der Waals surface area contributed by atoms with Crippen molar-refractivity contribution in [1.29, 1.82) is 0 Å². The van der Waals surface area contributed by atoms with Crippen LogP contribution in [0.15, 0.2) is 12.1 Å². The predicted octanol–water partition coefficient (Wildman–Crippen LogP) is 2.62. The van der Waals surface area contributed by atoms with Gasteiger partial charge in [-0.15, -0.1) is 0 Å². The molecule has 0 heterocycles. The highest BCUT2D eigenvalue weighted by Crippen LogP contribution is 2.35. The van der Waals surface area contributed by atoms with Crippen LogP contribution in [-0.2, 0) is 0 Å². The molecule has 1 rings (SSSR count). The van der Waals surface area contributed by atoms with E-state index in [9.17, 15) is 17.6 Å². The van der Waals surface area contributed by atoms with Crippen molar-refractivity contribution in [3.63, 3.8) is 0 Å². The predicted molar refractivity (Wildman–Crippen MR) is 48.8 cm³/mol. The second-order valence-electron chi connectivity index (χ2n) is 2.91. The molecule has 4 N–H and O–H groups in total. The summed E-state index contributed by atoms with van der Waals surface area (Å²) in [7, 11) is 0. The van der Waals surface area contributed by atoms with Crippen LogP contribution in [0.5, 0.6) is 0 Å². The van der Waals surface area contributed by atoms with Gasteiger partial charge in [0.15, 0.2) is 0 Å². The molecule has 0 amide bonds. The van der Waals surface area contributed by atoms with Gasteiger partial charge >= 0.3 is 6.18 Å². The topological polar surface area (TPSA) is 52.0 Å². The van der Waals surface area contributed by atoms with E-state index in [1.807, 2.05) is 0 Å². The van der Waals surface area contributed by atoms with Crippen molar-refractivity contribution in [3.05, 3.63) is 28.5 Å². The average molecular weight is 243 g/mol. The number of nitrogens with two attached hydrogens (primary N) is 2. The highest BCUT2D eigenvalue weighted by atomic mass is 35.5. The number of nitrogen functional groups attached to an aromatic ring is 1. The van der Waals surface area contributed by atoms with Crippen molar-refractivity contribution in [3.8, 4) is 0 Å². The Kier molecular flexibility index (Phi) is 3.11. The third-order valence-electron chi connectivity index (χ3n) is 1.80. The fourth-order valence-corrected chi connectivity index (χ4v) is 1.28. The molecule has 0 fully saturated rings. The summed E-state index contributed by atoms with van der Waals surface area (Å²) in [5.41, 5.74) is 9.14. The van der Waals surface area contributed by atoms with E-state index in [0.29, 0.717) is 6.07 Å². The zero-order valence-corrected chi connectivity index (χ0v) is 8.03. The quantitative estimate of drug-likeness (QED) is 0.588. The van der Waals surface area contributed by atoms with Crippen molar-refractivity contribution in [1.82, 2.24) is 0 Å². The summed E-state index contributed by atoms with van der Waals surface area (Å²) in [6.07, 6.45) is -4.67. The molecule has 0 radical (unpaired) electrons. The van der Waals surface area contributed by atoms with E-state index >= 15 is 0 Å². The van der Waals surface area contributed by atoms with Crippen LogP contribution in [0.1, 0.15) is 11.6 Å². The highest BCUT2D eigenvalue weighted by molar-refractivity contribution is 6.31. The van der Waals surface area contributed by atoms with Gasteiger partial charge in [-0.2, -0.15) is 13.2 Å². The normalized spacial score (nSPS) is 14.0. The fourth-order valence-electron chi connectivity index (χ4n) is 0.992. The van der Waals surface area contributed by atoms with Gasteiger partial charge in [0, 0.05) is 5.02 Å². The lowest BCUT2D eigenvalue weighted by Gasteiger charge is -2.17. The molecule has 1 atom stereocenters.